The Morgan fingerprint density at radius 3 is 1.21 bits per heavy atom. The number of hydrogen-bond donors (Lipinski definition) is 0. The van der Waals surface area contributed by atoms with Gasteiger partial charge in [0.2, 0.25) is 0 Å². The molecule has 10 aromatic rings. The van der Waals surface area contributed by atoms with E-state index in [9.17, 15) is 0 Å². The Labute approximate surface area is 346 Å². The van der Waals surface area contributed by atoms with E-state index in [1.165, 1.54) is 96.7 Å². The molecule has 0 saturated heterocycles. The van der Waals surface area contributed by atoms with E-state index in [4.69, 9.17) is 0 Å². The van der Waals surface area contributed by atoms with Crippen LogP contribution in [0.4, 0.5) is 34.1 Å². The normalized spacial score (nSPS) is 13.6. The predicted octanol–water partition coefficient (Wildman–Crippen LogP) is 16.1. The molecule has 0 bridgehead atoms. The fraction of sp³-hybridized carbons (Fsp3) is 0.115. The molecule has 2 aliphatic rings. The third kappa shape index (κ3) is 4.91. The third-order valence-electron chi connectivity index (χ3n) is 12.1. The number of hydrogen-bond acceptors (Lipinski definition) is 4. The first-order chi connectivity index (χ1) is 28.4. The Bertz CT molecular complexity index is 3110. The Balaban J connectivity index is 1.01. The summed E-state index contributed by atoms with van der Waals surface area (Å²) >= 11 is 3.75. The van der Waals surface area contributed by atoms with E-state index in [1.807, 2.05) is 23.5 Å². The predicted molar refractivity (Wildman–Crippen MR) is 248 cm³/mol. The molecule has 8 aromatic carbocycles. The highest BCUT2D eigenvalue weighted by Crippen LogP contribution is 2.55. The highest BCUT2D eigenvalue weighted by molar-refractivity contribution is 8.00. The Hall–Kier alpha value is -6.08. The van der Waals surface area contributed by atoms with Gasteiger partial charge in [-0.3, -0.25) is 0 Å². The lowest BCUT2D eigenvalue weighted by molar-refractivity contribution is 0.642. The average molecular weight is 785 g/mol. The van der Waals surface area contributed by atoms with Crippen LogP contribution >= 0.6 is 23.5 Å². The summed E-state index contributed by atoms with van der Waals surface area (Å²) in [6.45, 7) is 9.15. The topological polar surface area (TPSA) is 16.3 Å². The minimum atomic E-state index is 0.330. The Morgan fingerprint density at radius 1 is 0.345 bits per heavy atom. The molecule has 0 radical (unpaired) electrons. The van der Waals surface area contributed by atoms with Crippen LogP contribution in [0.2, 0.25) is 0 Å². The summed E-state index contributed by atoms with van der Waals surface area (Å²) in [4.78, 5) is 10.0. The van der Waals surface area contributed by atoms with Crippen LogP contribution in [-0.2, 0) is 0 Å². The van der Waals surface area contributed by atoms with Gasteiger partial charge in [-0.25, -0.2) is 0 Å². The van der Waals surface area contributed by atoms with E-state index in [2.05, 4.69) is 204 Å². The monoisotopic (exact) mass is 784 g/mol. The number of fused-ring (bicyclic) bond motifs is 11. The van der Waals surface area contributed by atoms with Crippen molar-refractivity contribution in [3.63, 3.8) is 0 Å². The summed E-state index contributed by atoms with van der Waals surface area (Å²) < 4.78 is 5.00. The number of benzene rings is 8. The zero-order chi connectivity index (χ0) is 38.8. The van der Waals surface area contributed by atoms with Gasteiger partial charge in [0.1, 0.15) is 0 Å². The van der Waals surface area contributed by atoms with Gasteiger partial charge in [0, 0.05) is 75.6 Å². The first-order valence-corrected chi connectivity index (χ1v) is 21.9. The van der Waals surface area contributed by atoms with Crippen LogP contribution in [0.1, 0.15) is 39.8 Å². The van der Waals surface area contributed by atoms with Crippen molar-refractivity contribution >= 4 is 112 Å². The van der Waals surface area contributed by atoms with Crippen molar-refractivity contribution in [1.29, 1.82) is 0 Å². The quantitative estimate of drug-likeness (QED) is 0.177. The molecule has 0 saturated carbocycles. The van der Waals surface area contributed by atoms with Crippen molar-refractivity contribution in [1.82, 2.24) is 9.13 Å². The number of rotatable bonds is 4. The molecule has 0 aliphatic carbocycles. The minimum Gasteiger partial charge on any atom is -0.338 e. The summed E-state index contributed by atoms with van der Waals surface area (Å²) in [6, 6.07) is 59.7. The SMILES string of the molecule is CC(C)n1c2ccccc2c2cc3c(cc21)N(c1ccc2cc(N4c5ccccc5Sc5cc6c7ccccc7n(C(C)C)c6cc54)ccc2c1)c1ccccc1S3. The van der Waals surface area contributed by atoms with E-state index in [1.54, 1.807) is 0 Å². The summed E-state index contributed by atoms with van der Waals surface area (Å²) in [7, 11) is 0. The molecular formula is C52H40N4S2. The molecule has 12 rings (SSSR count). The second-order valence-corrected chi connectivity index (χ2v) is 18.3. The fourth-order valence-electron chi connectivity index (χ4n) is 9.66. The average Bonchev–Trinajstić information content (AvgIpc) is 3.75. The zero-order valence-corrected chi connectivity index (χ0v) is 34.4. The Kier molecular flexibility index (Phi) is 7.45. The van der Waals surface area contributed by atoms with Gasteiger partial charge in [-0.05, 0) is 123 Å². The lowest BCUT2D eigenvalue weighted by atomic mass is 10.0. The van der Waals surface area contributed by atoms with Crippen LogP contribution in [0.15, 0.2) is 177 Å². The van der Waals surface area contributed by atoms with Crippen molar-refractivity contribution in [2.24, 2.45) is 0 Å². The maximum Gasteiger partial charge on any atom is 0.0622 e. The molecule has 0 unspecified atom stereocenters. The van der Waals surface area contributed by atoms with Gasteiger partial charge in [0.25, 0.3) is 0 Å². The molecule has 2 aromatic heterocycles. The van der Waals surface area contributed by atoms with E-state index < -0.39 is 0 Å². The van der Waals surface area contributed by atoms with Crippen LogP contribution in [0.3, 0.4) is 0 Å². The largest absolute Gasteiger partial charge is 0.338 e. The van der Waals surface area contributed by atoms with Crippen LogP contribution in [0.5, 0.6) is 0 Å². The molecule has 0 fully saturated rings. The second-order valence-electron chi connectivity index (χ2n) is 16.2. The van der Waals surface area contributed by atoms with Gasteiger partial charge < -0.3 is 18.9 Å². The van der Waals surface area contributed by atoms with Gasteiger partial charge in [-0.2, -0.15) is 0 Å². The second kappa shape index (κ2) is 12.7. The lowest BCUT2D eigenvalue weighted by Gasteiger charge is -2.34. The molecule has 6 heteroatoms. The number of nitrogens with zero attached hydrogens (tertiary/aromatic N) is 4. The molecule has 4 nitrogen and oxygen atoms in total. The molecule has 4 heterocycles. The fourth-order valence-corrected chi connectivity index (χ4v) is 11.8. The minimum absolute atomic E-state index is 0.330. The highest BCUT2D eigenvalue weighted by atomic mass is 32.2. The van der Waals surface area contributed by atoms with Gasteiger partial charge in [-0.1, -0.05) is 96.3 Å². The van der Waals surface area contributed by atoms with E-state index in [0.29, 0.717) is 12.1 Å². The smallest absolute Gasteiger partial charge is 0.0622 e. The van der Waals surface area contributed by atoms with Gasteiger partial charge in [0.15, 0.2) is 0 Å². The lowest BCUT2D eigenvalue weighted by Crippen LogP contribution is -2.15. The van der Waals surface area contributed by atoms with Gasteiger partial charge >= 0.3 is 0 Å². The van der Waals surface area contributed by atoms with Crippen molar-refractivity contribution in [3.05, 3.63) is 158 Å². The van der Waals surface area contributed by atoms with Gasteiger partial charge in [-0.15, -0.1) is 0 Å². The molecule has 0 amide bonds. The van der Waals surface area contributed by atoms with E-state index in [-0.39, 0.29) is 0 Å². The molecule has 0 atom stereocenters. The van der Waals surface area contributed by atoms with Gasteiger partial charge in [0.05, 0.1) is 33.8 Å². The summed E-state index contributed by atoms with van der Waals surface area (Å²) in [5.41, 5.74) is 12.3. The summed E-state index contributed by atoms with van der Waals surface area (Å²) in [5, 5.41) is 7.67. The van der Waals surface area contributed by atoms with Crippen molar-refractivity contribution in [2.75, 3.05) is 9.80 Å². The van der Waals surface area contributed by atoms with Crippen molar-refractivity contribution in [3.8, 4) is 0 Å². The molecule has 280 valence electrons. The molecule has 2 aliphatic heterocycles. The van der Waals surface area contributed by atoms with Crippen molar-refractivity contribution in [2.45, 2.75) is 59.4 Å². The number of anilines is 6. The molecule has 0 N–H and O–H groups in total. The van der Waals surface area contributed by atoms with Crippen LogP contribution in [0, 0.1) is 0 Å². The van der Waals surface area contributed by atoms with E-state index >= 15 is 0 Å². The summed E-state index contributed by atoms with van der Waals surface area (Å²) in [5.74, 6) is 0. The first-order valence-electron chi connectivity index (χ1n) is 20.2. The van der Waals surface area contributed by atoms with Crippen molar-refractivity contribution < 1.29 is 0 Å². The first kappa shape index (κ1) is 34.0. The highest BCUT2D eigenvalue weighted by Gasteiger charge is 2.29. The molecule has 58 heavy (non-hydrogen) atoms. The number of aromatic nitrogens is 2. The third-order valence-corrected chi connectivity index (χ3v) is 14.3. The molecule has 0 spiro atoms. The maximum atomic E-state index is 2.50. The summed E-state index contributed by atoms with van der Waals surface area (Å²) in [6.07, 6.45) is 0. The van der Waals surface area contributed by atoms with Crippen LogP contribution in [0.25, 0.3) is 54.4 Å². The molecular weight excluding hydrogens is 745 g/mol. The Morgan fingerprint density at radius 2 is 0.759 bits per heavy atom. The van der Waals surface area contributed by atoms with Crippen LogP contribution < -0.4 is 9.80 Å². The van der Waals surface area contributed by atoms with E-state index in [0.717, 1.165) is 11.4 Å². The zero-order valence-electron chi connectivity index (χ0n) is 32.8. The maximum absolute atomic E-state index is 2.50. The van der Waals surface area contributed by atoms with Crippen LogP contribution in [-0.4, -0.2) is 9.13 Å². The standard InChI is InChI=1S/C52H40N4S2/c1-31(2)53-41-15-7-5-13-37(41)39-27-51-47(29-45(39)53)55(43-17-9-11-19-49(43)57-51)35-23-21-34-26-36(24-22-33(34)25-35)56-44-18-10-12-20-50(44)58-52-28-40-38-14-6-8-16-42(38)54(32(3)4)46(40)30-48(52)56/h5-32H,1-4H3. The number of para-hydroxylation sites is 4.